The molecule has 2 rings (SSSR count). The third-order valence-electron chi connectivity index (χ3n) is 3.18. The average molecular weight is 255 g/mol. The van der Waals surface area contributed by atoms with Gasteiger partial charge in [0.25, 0.3) is 0 Å². The van der Waals surface area contributed by atoms with E-state index in [4.69, 9.17) is 5.73 Å². The van der Waals surface area contributed by atoms with Crippen LogP contribution in [-0.4, -0.2) is 11.4 Å². The van der Waals surface area contributed by atoms with Crippen LogP contribution in [0.25, 0.3) is 0 Å². The Morgan fingerprint density at radius 3 is 2.47 bits per heavy atom. The van der Waals surface area contributed by atoms with Crippen molar-refractivity contribution in [3.8, 4) is 0 Å². The van der Waals surface area contributed by atoms with Crippen LogP contribution in [0.2, 0.25) is 0 Å². The van der Waals surface area contributed by atoms with Crippen LogP contribution in [0.5, 0.6) is 0 Å². The highest BCUT2D eigenvalue weighted by molar-refractivity contribution is 5.88. The van der Waals surface area contributed by atoms with E-state index in [1.165, 1.54) is 11.1 Å². The molecular formula is C13H19ClN2O. The molecule has 3 nitrogen and oxygen atoms in total. The van der Waals surface area contributed by atoms with Crippen molar-refractivity contribution < 1.29 is 4.79 Å². The zero-order valence-corrected chi connectivity index (χ0v) is 10.8. The second-order valence-corrected chi connectivity index (χ2v) is 4.46. The Labute approximate surface area is 108 Å². The predicted molar refractivity (Wildman–Crippen MR) is 71.1 cm³/mol. The van der Waals surface area contributed by atoms with Gasteiger partial charge in [0, 0.05) is 6.54 Å². The minimum absolute atomic E-state index is 0. The maximum absolute atomic E-state index is 11.7. The first-order chi connectivity index (χ1) is 7.65. The van der Waals surface area contributed by atoms with Gasteiger partial charge in [-0.3, -0.25) is 4.79 Å². The molecule has 0 aromatic heterocycles. The molecule has 0 bridgehead atoms. The van der Waals surface area contributed by atoms with E-state index in [1.54, 1.807) is 0 Å². The lowest BCUT2D eigenvalue weighted by molar-refractivity contribution is -0.123. The van der Waals surface area contributed by atoms with Crippen LogP contribution in [0.4, 0.5) is 0 Å². The second kappa shape index (κ2) is 5.52. The molecule has 94 valence electrons. The summed E-state index contributed by atoms with van der Waals surface area (Å²) in [7, 11) is 0. The number of carbonyl (C=O) groups excluding carboxylic acids is 1. The van der Waals surface area contributed by atoms with Gasteiger partial charge in [-0.2, -0.15) is 0 Å². The molecule has 0 atom stereocenters. The number of nitrogens with one attached hydrogen (secondary N) is 1. The third-order valence-corrected chi connectivity index (χ3v) is 3.18. The van der Waals surface area contributed by atoms with E-state index in [0.717, 1.165) is 19.3 Å². The van der Waals surface area contributed by atoms with Crippen LogP contribution in [0, 0.1) is 0 Å². The summed E-state index contributed by atoms with van der Waals surface area (Å²) in [6, 6.07) is 8.16. The fourth-order valence-electron chi connectivity index (χ4n) is 1.79. The number of hydrogen-bond acceptors (Lipinski definition) is 2. The van der Waals surface area contributed by atoms with E-state index in [0.29, 0.717) is 6.54 Å². The van der Waals surface area contributed by atoms with Crippen molar-refractivity contribution in [3.05, 3.63) is 35.4 Å². The van der Waals surface area contributed by atoms with Crippen molar-refractivity contribution in [2.75, 3.05) is 0 Å². The standard InChI is InChI=1S/C13H18N2O.ClH/c1-2-10-5-3-4-6-11(10)9-15-12(16)13(14)7-8-13;/h3-6H,2,7-9,14H2,1H3,(H,15,16);1H. The molecule has 1 aromatic carbocycles. The summed E-state index contributed by atoms with van der Waals surface area (Å²) in [5.74, 6) is -0.0154. The lowest BCUT2D eigenvalue weighted by atomic mass is 10.1. The van der Waals surface area contributed by atoms with E-state index in [9.17, 15) is 4.79 Å². The highest BCUT2D eigenvalue weighted by Crippen LogP contribution is 2.32. The van der Waals surface area contributed by atoms with E-state index >= 15 is 0 Å². The molecule has 4 heteroatoms. The fourth-order valence-corrected chi connectivity index (χ4v) is 1.79. The number of carbonyl (C=O) groups is 1. The van der Waals surface area contributed by atoms with Crippen molar-refractivity contribution in [2.24, 2.45) is 5.73 Å². The molecule has 0 unspecified atom stereocenters. The Kier molecular flexibility index (Phi) is 4.54. The van der Waals surface area contributed by atoms with E-state index in [2.05, 4.69) is 24.4 Å². The van der Waals surface area contributed by atoms with Crippen molar-refractivity contribution in [3.63, 3.8) is 0 Å². The lowest BCUT2D eigenvalue weighted by Gasteiger charge is -2.12. The van der Waals surface area contributed by atoms with Gasteiger partial charge in [-0.15, -0.1) is 12.4 Å². The molecule has 0 radical (unpaired) electrons. The Morgan fingerprint density at radius 2 is 1.94 bits per heavy atom. The Morgan fingerprint density at radius 1 is 1.35 bits per heavy atom. The summed E-state index contributed by atoms with van der Waals surface area (Å²) in [6.45, 7) is 2.70. The Hall–Kier alpha value is -1.06. The van der Waals surface area contributed by atoms with Crippen LogP contribution in [0.15, 0.2) is 24.3 Å². The lowest BCUT2D eigenvalue weighted by Crippen LogP contribution is -2.42. The van der Waals surface area contributed by atoms with Gasteiger partial charge in [0.05, 0.1) is 5.54 Å². The molecular weight excluding hydrogens is 236 g/mol. The van der Waals surface area contributed by atoms with Crippen LogP contribution < -0.4 is 11.1 Å². The summed E-state index contributed by atoms with van der Waals surface area (Å²) in [4.78, 5) is 11.7. The van der Waals surface area contributed by atoms with Crippen molar-refractivity contribution in [1.29, 1.82) is 0 Å². The third kappa shape index (κ3) is 3.20. The summed E-state index contributed by atoms with van der Waals surface area (Å²) >= 11 is 0. The SMILES string of the molecule is CCc1ccccc1CNC(=O)C1(N)CC1.Cl. The summed E-state index contributed by atoms with van der Waals surface area (Å²) < 4.78 is 0. The van der Waals surface area contributed by atoms with Gasteiger partial charge >= 0.3 is 0 Å². The zero-order chi connectivity index (χ0) is 11.6. The number of benzene rings is 1. The highest BCUT2D eigenvalue weighted by Gasteiger charge is 2.45. The highest BCUT2D eigenvalue weighted by atomic mass is 35.5. The van der Waals surface area contributed by atoms with Crippen LogP contribution in [-0.2, 0) is 17.8 Å². The zero-order valence-electron chi connectivity index (χ0n) is 10.0. The summed E-state index contributed by atoms with van der Waals surface area (Å²) in [5, 5.41) is 2.91. The van der Waals surface area contributed by atoms with E-state index in [1.807, 2.05) is 12.1 Å². The first-order valence-electron chi connectivity index (χ1n) is 5.80. The quantitative estimate of drug-likeness (QED) is 0.861. The molecule has 3 N–H and O–H groups in total. The number of halogens is 1. The molecule has 17 heavy (non-hydrogen) atoms. The Bertz CT molecular complexity index is 402. The second-order valence-electron chi connectivity index (χ2n) is 4.46. The number of hydrogen-bond donors (Lipinski definition) is 2. The molecule has 0 spiro atoms. The normalized spacial score (nSPS) is 15.9. The van der Waals surface area contributed by atoms with Gasteiger partial charge < -0.3 is 11.1 Å². The van der Waals surface area contributed by atoms with Crippen LogP contribution >= 0.6 is 12.4 Å². The van der Waals surface area contributed by atoms with Crippen molar-refractivity contribution in [1.82, 2.24) is 5.32 Å². The fraction of sp³-hybridized carbons (Fsp3) is 0.462. The molecule has 1 aromatic rings. The first kappa shape index (κ1) is 14.0. The monoisotopic (exact) mass is 254 g/mol. The van der Waals surface area contributed by atoms with Gasteiger partial charge in [-0.25, -0.2) is 0 Å². The van der Waals surface area contributed by atoms with Crippen molar-refractivity contribution in [2.45, 2.75) is 38.3 Å². The minimum Gasteiger partial charge on any atom is -0.350 e. The van der Waals surface area contributed by atoms with Crippen molar-refractivity contribution >= 4 is 18.3 Å². The molecule has 1 fully saturated rings. The van der Waals surface area contributed by atoms with Crippen LogP contribution in [0.1, 0.15) is 30.9 Å². The number of aryl methyl sites for hydroxylation is 1. The maximum atomic E-state index is 11.7. The van der Waals surface area contributed by atoms with E-state index < -0.39 is 5.54 Å². The largest absolute Gasteiger partial charge is 0.350 e. The topological polar surface area (TPSA) is 55.1 Å². The average Bonchev–Trinajstić information content (AvgIpc) is 3.06. The smallest absolute Gasteiger partial charge is 0.240 e. The van der Waals surface area contributed by atoms with Gasteiger partial charge in [-0.1, -0.05) is 31.2 Å². The molecule has 0 aliphatic heterocycles. The van der Waals surface area contributed by atoms with Gasteiger partial charge in [0.1, 0.15) is 0 Å². The predicted octanol–water partition coefficient (Wildman–Crippen LogP) is 1.78. The number of nitrogens with two attached hydrogens (primary N) is 1. The van der Waals surface area contributed by atoms with E-state index in [-0.39, 0.29) is 18.3 Å². The molecule has 1 aliphatic carbocycles. The molecule has 1 amide bonds. The number of rotatable bonds is 4. The van der Waals surface area contributed by atoms with Crippen LogP contribution in [0.3, 0.4) is 0 Å². The molecule has 0 heterocycles. The molecule has 1 saturated carbocycles. The summed E-state index contributed by atoms with van der Waals surface area (Å²) in [5.41, 5.74) is 7.71. The maximum Gasteiger partial charge on any atom is 0.240 e. The van der Waals surface area contributed by atoms with Gasteiger partial charge in [0.2, 0.25) is 5.91 Å². The number of amides is 1. The molecule has 0 saturated heterocycles. The van der Waals surface area contributed by atoms with Gasteiger partial charge in [0.15, 0.2) is 0 Å². The Balaban J connectivity index is 0.00000144. The minimum atomic E-state index is -0.568. The molecule has 1 aliphatic rings. The summed E-state index contributed by atoms with van der Waals surface area (Å²) in [6.07, 6.45) is 2.61. The first-order valence-corrected chi connectivity index (χ1v) is 5.80. The van der Waals surface area contributed by atoms with Gasteiger partial charge in [-0.05, 0) is 30.4 Å².